The molecule has 112 valence electrons. The van der Waals surface area contributed by atoms with Gasteiger partial charge in [-0.1, -0.05) is 53.4 Å². The van der Waals surface area contributed by atoms with Crippen molar-refractivity contribution in [1.82, 2.24) is 4.90 Å². The highest BCUT2D eigenvalue weighted by Gasteiger charge is 2.28. The van der Waals surface area contributed by atoms with E-state index in [1.54, 1.807) is 0 Å². The summed E-state index contributed by atoms with van der Waals surface area (Å²) in [5.74, 6) is 0. The molecule has 1 fully saturated rings. The van der Waals surface area contributed by atoms with Crippen LogP contribution in [0.4, 0.5) is 0 Å². The Balaban J connectivity index is 2.29. The zero-order valence-corrected chi connectivity index (χ0v) is 14.5. The topological polar surface area (TPSA) is 29.3 Å². The molecule has 2 atom stereocenters. The summed E-state index contributed by atoms with van der Waals surface area (Å²) in [6.45, 7) is 4.08. The van der Waals surface area contributed by atoms with E-state index in [1.165, 1.54) is 37.7 Å². The molecule has 2 N–H and O–H groups in total. The van der Waals surface area contributed by atoms with Crippen molar-refractivity contribution in [2.45, 2.75) is 51.1 Å². The van der Waals surface area contributed by atoms with Crippen LogP contribution < -0.4 is 5.73 Å². The van der Waals surface area contributed by atoms with Crippen molar-refractivity contribution >= 4 is 27.5 Å². The summed E-state index contributed by atoms with van der Waals surface area (Å²) in [5, 5.41) is 0.763. The lowest BCUT2D eigenvalue weighted by molar-refractivity contribution is 0.135. The summed E-state index contributed by atoms with van der Waals surface area (Å²) in [7, 11) is 0. The molecule has 1 aromatic rings. The predicted molar refractivity (Wildman–Crippen MR) is 90.2 cm³/mol. The van der Waals surface area contributed by atoms with Gasteiger partial charge in [-0.05, 0) is 43.5 Å². The van der Waals surface area contributed by atoms with Gasteiger partial charge in [-0.3, -0.25) is 4.90 Å². The van der Waals surface area contributed by atoms with E-state index in [4.69, 9.17) is 17.3 Å². The van der Waals surface area contributed by atoms with Crippen molar-refractivity contribution in [2.75, 3.05) is 13.1 Å². The Kier molecular flexibility index (Phi) is 6.34. The van der Waals surface area contributed by atoms with Crippen molar-refractivity contribution in [3.63, 3.8) is 0 Å². The number of nitrogens with two attached hydrogens (primary N) is 1. The fraction of sp³-hybridized carbons (Fsp3) is 0.625. The maximum atomic E-state index is 6.12. The van der Waals surface area contributed by atoms with Crippen LogP contribution in [-0.2, 0) is 0 Å². The Morgan fingerprint density at radius 1 is 1.40 bits per heavy atom. The number of halogens is 2. The molecule has 0 aliphatic carbocycles. The second-order valence-corrected chi connectivity index (χ2v) is 6.86. The van der Waals surface area contributed by atoms with E-state index in [1.807, 2.05) is 12.1 Å². The Morgan fingerprint density at radius 2 is 2.20 bits per heavy atom. The first-order chi connectivity index (χ1) is 9.67. The number of hydrogen-bond acceptors (Lipinski definition) is 2. The van der Waals surface area contributed by atoms with Crippen molar-refractivity contribution < 1.29 is 0 Å². The molecule has 0 amide bonds. The summed E-state index contributed by atoms with van der Waals surface area (Å²) in [5.41, 5.74) is 7.38. The van der Waals surface area contributed by atoms with E-state index in [0.717, 1.165) is 16.0 Å². The van der Waals surface area contributed by atoms with Gasteiger partial charge in [0.25, 0.3) is 0 Å². The third-order valence-electron chi connectivity index (χ3n) is 4.34. The second kappa shape index (κ2) is 7.79. The number of benzene rings is 1. The molecule has 0 bridgehead atoms. The molecule has 1 aromatic carbocycles. The maximum absolute atomic E-state index is 6.12. The van der Waals surface area contributed by atoms with Crippen LogP contribution in [0.5, 0.6) is 0 Å². The predicted octanol–water partition coefficient (Wildman–Crippen LogP) is 4.76. The van der Waals surface area contributed by atoms with E-state index >= 15 is 0 Å². The highest BCUT2D eigenvalue weighted by molar-refractivity contribution is 9.10. The van der Waals surface area contributed by atoms with Crippen LogP contribution in [0.3, 0.4) is 0 Å². The number of rotatable bonds is 4. The molecule has 1 aliphatic heterocycles. The summed E-state index contributed by atoms with van der Waals surface area (Å²) < 4.78 is 1.07. The van der Waals surface area contributed by atoms with Gasteiger partial charge in [-0.25, -0.2) is 0 Å². The highest BCUT2D eigenvalue weighted by atomic mass is 79.9. The van der Waals surface area contributed by atoms with Crippen LogP contribution in [0.1, 0.15) is 50.6 Å². The monoisotopic (exact) mass is 358 g/mol. The highest BCUT2D eigenvalue weighted by Crippen LogP contribution is 2.33. The lowest BCUT2D eigenvalue weighted by Gasteiger charge is -2.37. The average Bonchev–Trinajstić information content (AvgIpc) is 2.67. The first-order valence-corrected chi connectivity index (χ1v) is 8.75. The summed E-state index contributed by atoms with van der Waals surface area (Å²) in [6.07, 6.45) is 6.44. The minimum atomic E-state index is 0.282. The van der Waals surface area contributed by atoms with E-state index in [-0.39, 0.29) is 6.04 Å². The smallest absolute Gasteiger partial charge is 0.0484 e. The van der Waals surface area contributed by atoms with Crippen LogP contribution in [0, 0.1) is 0 Å². The molecule has 20 heavy (non-hydrogen) atoms. The minimum Gasteiger partial charge on any atom is -0.329 e. The fourth-order valence-electron chi connectivity index (χ4n) is 3.26. The van der Waals surface area contributed by atoms with Gasteiger partial charge in [-0.15, -0.1) is 0 Å². The molecule has 0 saturated carbocycles. The minimum absolute atomic E-state index is 0.282. The van der Waals surface area contributed by atoms with E-state index in [9.17, 15) is 0 Å². The Labute approximate surface area is 135 Å². The standard InChI is InChI=1S/C16H24BrClN2/c1-2-13-6-4-3-5-9-20(13)16(11-19)14-8-7-12(18)10-15(14)17/h7-8,10,13,16H,2-6,9,11,19H2,1H3. The fourth-order valence-corrected chi connectivity index (χ4v) is 4.21. The quantitative estimate of drug-likeness (QED) is 0.840. The molecule has 1 heterocycles. The molecule has 4 heteroatoms. The van der Waals surface area contributed by atoms with Crippen molar-refractivity contribution in [3.8, 4) is 0 Å². The van der Waals surface area contributed by atoms with E-state index in [2.05, 4.69) is 33.8 Å². The van der Waals surface area contributed by atoms with Crippen LogP contribution in [0.25, 0.3) is 0 Å². The zero-order valence-electron chi connectivity index (χ0n) is 12.1. The second-order valence-electron chi connectivity index (χ2n) is 5.57. The Hall–Kier alpha value is -0.0900. The normalized spacial score (nSPS) is 22.5. The summed E-state index contributed by atoms with van der Waals surface area (Å²) >= 11 is 9.71. The first kappa shape index (κ1) is 16.3. The Bertz CT molecular complexity index is 438. The summed E-state index contributed by atoms with van der Waals surface area (Å²) in [6, 6.07) is 6.97. The van der Waals surface area contributed by atoms with Crippen LogP contribution in [-0.4, -0.2) is 24.0 Å². The van der Waals surface area contributed by atoms with Gasteiger partial charge < -0.3 is 5.73 Å². The molecule has 2 unspecified atom stereocenters. The van der Waals surface area contributed by atoms with Crippen LogP contribution in [0.15, 0.2) is 22.7 Å². The molecule has 2 rings (SSSR count). The molecule has 0 radical (unpaired) electrons. The van der Waals surface area contributed by atoms with Gasteiger partial charge in [0.1, 0.15) is 0 Å². The zero-order chi connectivity index (χ0) is 14.5. The van der Waals surface area contributed by atoms with Crippen LogP contribution >= 0.6 is 27.5 Å². The molecule has 1 saturated heterocycles. The lowest BCUT2D eigenvalue weighted by atomic mass is 10.0. The van der Waals surface area contributed by atoms with Crippen molar-refractivity contribution in [3.05, 3.63) is 33.3 Å². The third kappa shape index (κ3) is 3.76. The third-order valence-corrected chi connectivity index (χ3v) is 5.26. The van der Waals surface area contributed by atoms with E-state index in [0.29, 0.717) is 12.6 Å². The van der Waals surface area contributed by atoms with Crippen LogP contribution in [0.2, 0.25) is 5.02 Å². The molecule has 0 aromatic heterocycles. The first-order valence-electron chi connectivity index (χ1n) is 7.58. The number of likely N-dealkylation sites (tertiary alicyclic amines) is 1. The molecule has 1 aliphatic rings. The molecule has 2 nitrogen and oxygen atoms in total. The van der Waals surface area contributed by atoms with Crippen molar-refractivity contribution in [2.24, 2.45) is 5.73 Å². The average molecular weight is 360 g/mol. The maximum Gasteiger partial charge on any atom is 0.0484 e. The van der Waals surface area contributed by atoms with E-state index < -0.39 is 0 Å². The molecule has 0 spiro atoms. The van der Waals surface area contributed by atoms with Gasteiger partial charge in [0.15, 0.2) is 0 Å². The Morgan fingerprint density at radius 3 is 2.85 bits per heavy atom. The van der Waals surface area contributed by atoms with Gasteiger partial charge in [0, 0.05) is 28.1 Å². The summed E-state index contributed by atoms with van der Waals surface area (Å²) in [4.78, 5) is 2.61. The number of nitrogens with zero attached hydrogens (tertiary/aromatic N) is 1. The van der Waals surface area contributed by atoms with Gasteiger partial charge in [-0.2, -0.15) is 0 Å². The lowest BCUT2D eigenvalue weighted by Crippen LogP contribution is -2.41. The number of hydrogen-bond donors (Lipinski definition) is 1. The van der Waals surface area contributed by atoms with Gasteiger partial charge >= 0.3 is 0 Å². The van der Waals surface area contributed by atoms with Crippen molar-refractivity contribution in [1.29, 1.82) is 0 Å². The molecular weight excluding hydrogens is 336 g/mol. The SMILES string of the molecule is CCC1CCCCCN1C(CN)c1ccc(Cl)cc1Br. The largest absolute Gasteiger partial charge is 0.329 e. The van der Waals surface area contributed by atoms with Gasteiger partial charge in [0.05, 0.1) is 0 Å². The molecular formula is C16H24BrClN2. The van der Waals surface area contributed by atoms with Gasteiger partial charge in [0.2, 0.25) is 0 Å².